The van der Waals surface area contributed by atoms with Crippen molar-refractivity contribution in [3.63, 3.8) is 0 Å². The van der Waals surface area contributed by atoms with Crippen LogP contribution >= 0.6 is 0 Å². The molecule has 0 radical (unpaired) electrons. The second-order valence-corrected chi connectivity index (χ2v) is 8.62. The summed E-state index contributed by atoms with van der Waals surface area (Å²) >= 11 is 0. The van der Waals surface area contributed by atoms with Crippen molar-refractivity contribution in [2.45, 2.75) is 25.3 Å². The molecule has 0 unspecified atom stereocenters. The third-order valence-electron chi connectivity index (χ3n) is 4.07. The Balaban J connectivity index is 1.75. The lowest BCUT2D eigenvalue weighted by molar-refractivity contribution is 0.218. The van der Waals surface area contributed by atoms with Crippen LogP contribution in [0.15, 0.2) is 47.4 Å². The Bertz CT molecular complexity index is 940. The lowest BCUT2D eigenvalue weighted by Gasteiger charge is -2.26. The van der Waals surface area contributed by atoms with Crippen LogP contribution in [0.2, 0.25) is 0 Å². The molecule has 0 saturated heterocycles. The molecule has 0 aliphatic carbocycles. The summed E-state index contributed by atoms with van der Waals surface area (Å²) < 4.78 is 33.4. The van der Waals surface area contributed by atoms with Crippen LogP contribution in [0.25, 0.3) is 0 Å². The van der Waals surface area contributed by atoms with Gasteiger partial charge >= 0.3 is 6.03 Å². The van der Waals surface area contributed by atoms with Crippen molar-refractivity contribution in [3.8, 4) is 5.75 Å². The van der Waals surface area contributed by atoms with Crippen LogP contribution in [-0.4, -0.2) is 33.0 Å². The standard InChI is InChI=1S/C19H23N3O4S/c1-13(2)12-26-16-5-7-17(8-6-16)27(24,25)21-15-4-9-18-14(10-15)11-22(3)19(23)20-18/h4-10,13,21H,11-12H2,1-3H3,(H,20,23). The Kier molecular flexibility index (Phi) is 5.27. The molecule has 2 aromatic carbocycles. The summed E-state index contributed by atoms with van der Waals surface area (Å²) in [6.07, 6.45) is 0. The van der Waals surface area contributed by atoms with Gasteiger partial charge in [0.2, 0.25) is 0 Å². The van der Waals surface area contributed by atoms with Crippen LogP contribution in [0.3, 0.4) is 0 Å². The number of rotatable bonds is 6. The molecule has 2 aromatic rings. The highest BCUT2D eigenvalue weighted by Gasteiger charge is 2.21. The van der Waals surface area contributed by atoms with Gasteiger partial charge in [-0.3, -0.25) is 4.72 Å². The summed E-state index contributed by atoms with van der Waals surface area (Å²) in [7, 11) is -2.04. The summed E-state index contributed by atoms with van der Waals surface area (Å²) in [6, 6.07) is 11.2. The van der Waals surface area contributed by atoms with Gasteiger partial charge in [0.15, 0.2) is 0 Å². The molecule has 2 amide bonds. The van der Waals surface area contributed by atoms with E-state index in [-0.39, 0.29) is 10.9 Å². The third-order valence-corrected chi connectivity index (χ3v) is 5.47. The second-order valence-electron chi connectivity index (χ2n) is 6.94. The Morgan fingerprint density at radius 1 is 1.19 bits per heavy atom. The number of anilines is 2. The van der Waals surface area contributed by atoms with Gasteiger partial charge in [-0.15, -0.1) is 0 Å². The molecule has 144 valence electrons. The smallest absolute Gasteiger partial charge is 0.321 e. The van der Waals surface area contributed by atoms with Crippen LogP contribution in [0, 0.1) is 5.92 Å². The van der Waals surface area contributed by atoms with Gasteiger partial charge in [-0.1, -0.05) is 13.8 Å². The predicted octanol–water partition coefficient (Wildman–Crippen LogP) is 3.50. The van der Waals surface area contributed by atoms with Crippen LogP contribution in [0.4, 0.5) is 16.2 Å². The lowest BCUT2D eigenvalue weighted by Crippen LogP contribution is -2.35. The van der Waals surface area contributed by atoms with Crippen molar-refractivity contribution in [1.82, 2.24) is 4.90 Å². The number of ether oxygens (including phenoxy) is 1. The summed E-state index contributed by atoms with van der Waals surface area (Å²) in [5.41, 5.74) is 1.97. The summed E-state index contributed by atoms with van der Waals surface area (Å²) in [6.45, 7) is 5.08. The number of carbonyl (C=O) groups is 1. The number of nitrogens with zero attached hydrogens (tertiary/aromatic N) is 1. The Morgan fingerprint density at radius 3 is 2.56 bits per heavy atom. The van der Waals surface area contributed by atoms with Gasteiger partial charge in [-0.05, 0) is 53.9 Å². The van der Waals surface area contributed by atoms with Gasteiger partial charge in [-0.25, -0.2) is 13.2 Å². The highest BCUT2D eigenvalue weighted by atomic mass is 32.2. The fraction of sp³-hybridized carbons (Fsp3) is 0.316. The first-order chi connectivity index (χ1) is 12.7. The quantitative estimate of drug-likeness (QED) is 0.791. The molecule has 1 aliphatic heterocycles. The average molecular weight is 389 g/mol. The van der Waals surface area contributed by atoms with Crippen LogP contribution < -0.4 is 14.8 Å². The molecule has 8 heteroatoms. The number of nitrogens with one attached hydrogen (secondary N) is 2. The molecule has 0 atom stereocenters. The molecule has 0 spiro atoms. The van der Waals surface area contributed by atoms with Gasteiger partial charge in [0.25, 0.3) is 10.0 Å². The van der Waals surface area contributed by atoms with Crippen LogP contribution in [-0.2, 0) is 16.6 Å². The molecule has 0 saturated carbocycles. The van der Waals surface area contributed by atoms with Crippen LogP contribution in [0.5, 0.6) is 5.75 Å². The first-order valence-electron chi connectivity index (χ1n) is 8.65. The molecule has 27 heavy (non-hydrogen) atoms. The Labute approximate surface area is 159 Å². The van der Waals surface area contributed by atoms with E-state index in [1.165, 1.54) is 17.0 Å². The van der Waals surface area contributed by atoms with E-state index in [1.54, 1.807) is 37.4 Å². The van der Waals surface area contributed by atoms with Crippen LogP contribution in [0.1, 0.15) is 19.4 Å². The normalized spacial score (nSPS) is 13.9. The van der Waals surface area contributed by atoms with E-state index in [1.807, 2.05) is 13.8 Å². The van der Waals surface area contributed by atoms with Crippen molar-refractivity contribution in [2.24, 2.45) is 5.92 Å². The monoisotopic (exact) mass is 389 g/mol. The van der Waals surface area contributed by atoms with E-state index in [0.717, 1.165) is 5.56 Å². The Morgan fingerprint density at radius 2 is 1.89 bits per heavy atom. The summed E-state index contributed by atoms with van der Waals surface area (Å²) in [5.74, 6) is 1.03. The highest BCUT2D eigenvalue weighted by Crippen LogP contribution is 2.27. The first-order valence-corrected chi connectivity index (χ1v) is 10.1. The zero-order valence-electron chi connectivity index (χ0n) is 15.5. The third kappa shape index (κ3) is 4.51. The van der Waals surface area contributed by atoms with E-state index >= 15 is 0 Å². The number of fused-ring (bicyclic) bond motifs is 1. The van der Waals surface area contributed by atoms with Gasteiger partial charge in [-0.2, -0.15) is 0 Å². The fourth-order valence-corrected chi connectivity index (χ4v) is 3.69. The number of amides is 2. The van der Waals surface area contributed by atoms with E-state index < -0.39 is 10.0 Å². The number of urea groups is 1. The molecule has 1 heterocycles. The maximum absolute atomic E-state index is 12.6. The van der Waals surface area contributed by atoms with E-state index in [2.05, 4.69) is 10.0 Å². The molecule has 1 aliphatic rings. The highest BCUT2D eigenvalue weighted by molar-refractivity contribution is 7.92. The van der Waals surface area contributed by atoms with Crippen molar-refractivity contribution < 1.29 is 17.9 Å². The van der Waals surface area contributed by atoms with Gasteiger partial charge < -0.3 is 15.0 Å². The predicted molar refractivity (Wildman–Crippen MR) is 105 cm³/mol. The number of sulfonamides is 1. The minimum Gasteiger partial charge on any atom is -0.493 e. The van der Waals surface area contributed by atoms with E-state index in [4.69, 9.17) is 4.74 Å². The van der Waals surface area contributed by atoms with Crippen molar-refractivity contribution in [3.05, 3.63) is 48.0 Å². The van der Waals surface area contributed by atoms with Gasteiger partial charge in [0.1, 0.15) is 5.75 Å². The maximum atomic E-state index is 12.6. The van der Waals surface area contributed by atoms with E-state index in [0.29, 0.717) is 36.2 Å². The molecule has 0 aromatic heterocycles. The topological polar surface area (TPSA) is 87.7 Å². The zero-order chi connectivity index (χ0) is 19.6. The first kappa shape index (κ1) is 19.0. The van der Waals surface area contributed by atoms with Crippen molar-refractivity contribution >= 4 is 27.4 Å². The number of hydrogen-bond acceptors (Lipinski definition) is 4. The summed E-state index contributed by atoms with van der Waals surface area (Å²) in [4.78, 5) is 13.3. The van der Waals surface area contributed by atoms with Crippen molar-refractivity contribution in [1.29, 1.82) is 0 Å². The molecule has 7 nitrogen and oxygen atoms in total. The average Bonchev–Trinajstić information content (AvgIpc) is 2.61. The number of benzene rings is 2. The zero-order valence-corrected chi connectivity index (χ0v) is 16.3. The minimum absolute atomic E-state index is 0.155. The SMILES string of the molecule is CC(C)COc1ccc(S(=O)(=O)Nc2ccc3c(c2)CN(C)C(=O)N3)cc1. The molecule has 0 fully saturated rings. The lowest BCUT2D eigenvalue weighted by atomic mass is 10.1. The largest absolute Gasteiger partial charge is 0.493 e. The number of carbonyl (C=O) groups excluding carboxylic acids is 1. The maximum Gasteiger partial charge on any atom is 0.321 e. The molecule has 0 bridgehead atoms. The fourth-order valence-electron chi connectivity index (χ4n) is 2.64. The second kappa shape index (κ2) is 7.48. The summed E-state index contributed by atoms with van der Waals surface area (Å²) in [5, 5.41) is 2.75. The molecular weight excluding hydrogens is 366 g/mol. The molecular formula is C19H23N3O4S. The minimum atomic E-state index is -3.72. The molecule has 2 N–H and O–H groups in total. The van der Waals surface area contributed by atoms with Crippen molar-refractivity contribution in [2.75, 3.05) is 23.7 Å². The molecule has 3 rings (SSSR count). The van der Waals surface area contributed by atoms with Gasteiger partial charge in [0.05, 0.1) is 11.5 Å². The Hall–Kier alpha value is -2.74. The van der Waals surface area contributed by atoms with E-state index in [9.17, 15) is 13.2 Å². The number of hydrogen-bond donors (Lipinski definition) is 2. The van der Waals surface area contributed by atoms with Gasteiger partial charge in [0, 0.05) is 25.0 Å².